The van der Waals surface area contributed by atoms with Gasteiger partial charge in [-0.25, -0.2) is 0 Å². The molecule has 0 fully saturated rings. The lowest BCUT2D eigenvalue weighted by Crippen LogP contribution is -2.38. The number of hydrogen-bond donors (Lipinski definition) is 1. The van der Waals surface area contributed by atoms with E-state index in [0.717, 1.165) is 37.4 Å². The van der Waals surface area contributed by atoms with E-state index in [1.807, 2.05) is 20.0 Å². The van der Waals surface area contributed by atoms with E-state index < -0.39 is 0 Å². The summed E-state index contributed by atoms with van der Waals surface area (Å²) in [6.45, 7) is 9.56. The highest BCUT2D eigenvalue weighted by atomic mass is 15.1. The monoisotopic (exact) mass is 235 g/mol. The number of pyridine rings is 1. The van der Waals surface area contributed by atoms with Gasteiger partial charge in [0.2, 0.25) is 0 Å². The molecular formula is C14H25N3. The molecule has 3 nitrogen and oxygen atoms in total. The molecule has 1 atom stereocenters. The van der Waals surface area contributed by atoms with Crippen LogP contribution in [0.1, 0.15) is 31.7 Å². The van der Waals surface area contributed by atoms with Crippen molar-refractivity contribution in [2.24, 2.45) is 0 Å². The summed E-state index contributed by atoms with van der Waals surface area (Å²) in [4.78, 5) is 6.99. The topological polar surface area (TPSA) is 28.2 Å². The number of likely N-dealkylation sites (N-methyl/N-ethyl adjacent to an activating group) is 2. The molecule has 96 valence electrons. The standard InChI is InChI=1S/C14H25N3/c1-5-13(15-4)10-17(6-2)11-14-9-7-8-12(3)16-14/h7-9,13,15H,5-6,10-11H2,1-4H3. The Labute approximate surface area is 105 Å². The van der Waals surface area contributed by atoms with Gasteiger partial charge in [-0.05, 0) is 39.1 Å². The van der Waals surface area contributed by atoms with Crippen LogP contribution in [0.5, 0.6) is 0 Å². The first-order valence-electron chi connectivity index (χ1n) is 6.51. The van der Waals surface area contributed by atoms with Crippen LogP contribution in [0.25, 0.3) is 0 Å². The van der Waals surface area contributed by atoms with Gasteiger partial charge in [0.25, 0.3) is 0 Å². The lowest BCUT2D eigenvalue weighted by atomic mass is 10.2. The third-order valence-corrected chi connectivity index (χ3v) is 3.16. The molecule has 0 aliphatic heterocycles. The molecule has 0 saturated carbocycles. The summed E-state index contributed by atoms with van der Waals surface area (Å²) < 4.78 is 0. The molecule has 0 bridgehead atoms. The minimum absolute atomic E-state index is 0.569. The van der Waals surface area contributed by atoms with Gasteiger partial charge >= 0.3 is 0 Å². The van der Waals surface area contributed by atoms with Crippen molar-refractivity contribution in [3.8, 4) is 0 Å². The Morgan fingerprint density at radius 1 is 1.35 bits per heavy atom. The largest absolute Gasteiger partial charge is 0.316 e. The van der Waals surface area contributed by atoms with Crippen molar-refractivity contribution >= 4 is 0 Å². The molecule has 17 heavy (non-hydrogen) atoms. The number of rotatable bonds is 7. The molecule has 0 radical (unpaired) electrons. The zero-order valence-corrected chi connectivity index (χ0v) is 11.5. The predicted molar refractivity (Wildman–Crippen MR) is 73.1 cm³/mol. The van der Waals surface area contributed by atoms with E-state index in [1.165, 1.54) is 0 Å². The average molecular weight is 235 g/mol. The average Bonchev–Trinajstić information content (AvgIpc) is 2.34. The Bertz CT molecular complexity index is 321. The molecule has 1 N–H and O–H groups in total. The fraction of sp³-hybridized carbons (Fsp3) is 0.643. The maximum absolute atomic E-state index is 4.56. The summed E-state index contributed by atoms with van der Waals surface area (Å²) in [5.41, 5.74) is 2.26. The van der Waals surface area contributed by atoms with E-state index >= 15 is 0 Å². The molecule has 0 amide bonds. The van der Waals surface area contributed by atoms with E-state index in [-0.39, 0.29) is 0 Å². The fourth-order valence-electron chi connectivity index (χ4n) is 1.96. The first kappa shape index (κ1) is 14.1. The van der Waals surface area contributed by atoms with Crippen molar-refractivity contribution in [3.63, 3.8) is 0 Å². The third-order valence-electron chi connectivity index (χ3n) is 3.16. The van der Waals surface area contributed by atoms with Crippen molar-refractivity contribution in [3.05, 3.63) is 29.6 Å². The molecule has 0 aliphatic carbocycles. The molecule has 3 heteroatoms. The lowest BCUT2D eigenvalue weighted by Gasteiger charge is -2.25. The Morgan fingerprint density at radius 3 is 2.65 bits per heavy atom. The van der Waals surface area contributed by atoms with Crippen molar-refractivity contribution in [1.82, 2.24) is 15.2 Å². The zero-order valence-electron chi connectivity index (χ0n) is 11.5. The molecule has 1 aromatic rings. The van der Waals surface area contributed by atoms with Crippen LogP contribution in [-0.4, -0.2) is 36.1 Å². The van der Waals surface area contributed by atoms with Gasteiger partial charge in [0.05, 0.1) is 5.69 Å². The van der Waals surface area contributed by atoms with Gasteiger partial charge in [-0.3, -0.25) is 9.88 Å². The van der Waals surface area contributed by atoms with Gasteiger partial charge < -0.3 is 5.32 Å². The number of aromatic nitrogens is 1. The SMILES string of the molecule is CCC(CN(CC)Cc1cccc(C)n1)NC. The van der Waals surface area contributed by atoms with Crippen molar-refractivity contribution in [2.45, 2.75) is 39.8 Å². The van der Waals surface area contributed by atoms with Gasteiger partial charge in [-0.2, -0.15) is 0 Å². The van der Waals surface area contributed by atoms with E-state index in [2.05, 4.69) is 41.2 Å². The van der Waals surface area contributed by atoms with Crippen LogP contribution in [0.3, 0.4) is 0 Å². The van der Waals surface area contributed by atoms with Crippen LogP contribution in [0.15, 0.2) is 18.2 Å². The second kappa shape index (κ2) is 7.41. The fourth-order valence-corrected chi connectivity index (χ4v) is 1.96. The number of hydrogen-bond acceptors (Lipinski definition) is 3. The van der Waals surface area contributed by atoms with Crippen molar-refractivity contribution in [1.29, 1.82) is 0 Å². The summed E-state index contributed by atoms with van der Waals surface area (Å²) in [7, 11) is 2.03. The van der Waals surface area contributed by atoms with Crippen LogP contribution in [-0.2, 0) is 6.54 Å². The highest BCUT2D eigenvalue weighted by molar-refractivity contribution is 5.09. The van der Waals surface area contributed by atoms with Crippen molar-refractivity contribution in [2.75, 3.05) is 20.1 Å². The second-order valence-electron chi connectivity index (χ2n) is 4.49. The highest BCUT2D eigenvalue weighted by Crippen LogP contribution is 2.05. The summed E-state index contributed by atoms with van der Waals surface area (Å²) in [5, 5.41) is 3.35. The summed E-state index contributed by atoms with van der Waals surface area (Å²) in [6, 6.07) is 6.80. The molecule has 0 aromatic carbocycles. The maximum atomic E-state index is 4.56. The summed E-state index contributed by atoms with van der Waals surface area (Å²) in [6.07, 6.45) is 1.16. The van der Waals surface area contributed by atoms with E-state index in [9.17, 15) is 0 Å². The normalized spacial score (nSPS) is 13.0. The molecule has 1 aromatic heterocycles. The molecule has 1 rings (SSSR count). The molecular weight excluding hydrogens is 210 g/mol. The quantitative estimate of drug-likeness (QED) is 0.785. The molecule has 0 aliphatic rings. The van der Waals surface area contributed by atoms with Gasteiger partial charge in [-0.15, -0.1) is 0 Å². The number of nitrogens with one attached hydrogen (secondary N) is 1. The summed E-state index contributed by atoms with van der Waals surface area (Å²) >= 11 is 0. The minimum atomic E-state index is 0.569. The van der Waals surface area contributed by atoms with E-state index in [4.69, 9.17) is 0 Å². The molecule has 1 heterocycles. The van der Waals surface area contributed by atoms with Crippen LogP contribution in [0.2, 0.25) is 0 Å². The first-order valence-corrected chi connectivity index (χ1v) is 6.51. The van der Waals surface area contributed by atoms with Crippen molar-refractivity contribution < 1.29 is 0 Å². The second-order valence-corrected chi connectivity index (χ2v) is 4.49. The Balaban J connectivity index is 2.57. The number of aryl methyl sites for hydroxylation is 1. The maximum Gasteiger partial charge on any atom is 0.0547 e. The van der Waals surface area contributed by atoms with Crippen LogP contribution >= 0.6 is 0 Å². The molecule has 0 saturated heterocycles. The van der Waals surface area contributed by atoms with E-state index in [0.29, 0.717) is 6.04 Å². The summed E-state index contributed by atoms with van der Waals surface area (Å²) in [5.74, 6) is 0. The molecule has 1 unspecified atom stereocenters. The van der Waals surface area contributed by atoms with Crippen LogP contribution in [0, 0.1) is 6.92 Å². The lowest BCUT2D eigenvalue weighted by molar-refractivity contribution is 0.244. The highest BCUT2D eigenvalue weighted by Gasteiger charge is 2.10. The zero-order chi connectivity index (χ0) is 12.7. The smallest absolute Gasteiger partial charge is 0.0547 e. The minimum Gasteiger partial charge on any atom is -0.316 e. The molecule has 0 spiro atoms. The Kier molecular flexibility index (Phi) is 6.16. The number of nitrogens with zero attached hydrogens (tertiary/aromatic N) is 2. The van der Waals surface area contributed by atoms with Gasteiger partial charge in [0.15, 0.2) is 0 Å². The van der Waals surface area contributed by atoms with Crippen LogP contribution < -0.4 is 5.32 Å². The van der Waals surface area contributed by atoms with E-state index in [1.54, 1.807) is 0 Å². The van der Waals surface area contributed by atoms with Crippen LogP contribution in [0.4, 0.5) is 0 Å². The third kappa shape index (κ3) is 4.84. The predicted octanol–water partition coefficient (Wildman–Crippen LogP) is 2.21. The van der Waals surface area contributed by atoms with Gasteiger partial charge in [-0.1, -0.05) is 19.9 Å². The Morgan fingerprint density at radius 2 is 2.12 bits per heavy atom. The Hall–Kier alpha value is -0.930. The van der Waals surface area contributed by atoms with Gasteiger partial charge in [0, 0.05) is 24.8 Å². The first-order chi connectivity index (χ1) is 8.19. The van der Waals surface area contributed by atoms with Gasteiger partial charge in [0.1, 0.15) is 0 Å².